The number of methoxy groups -OCH3 is 1. The minimum absolute atomic E-state index is 0.302. The molecule has 0 bridgehead atoms. The van der Waals surface area contributed by atoms with Crippen LogP contribution in [0.2, 0.25) is 0 Å². The van der Waals surface area contributed by atoms with Crippen LogP contribution in [-0.4, -0.2) is 18.7 Å². The molecule has 0 saturated carbocycles. The van der Waals surface area contributed by atoms with E-state index in [0.717, 1.165) is 17.7 Å². The van der Waals surface area contributed by atoms with Gasteiger partial charge >= 0.3 is 5.97 Å². The Balaban J connectivity index is 2.41. The maximum absolute atomic E-state index is 11.7. The van der Waals surface area contributed by atoms with Crippen LogP contribution < -0.4 is 4.74 Å². The monoisotopic (exact) mass is 234 g/mol. The Morgan fingerprint density at radius 2 is 2.12 bits per heavy atom. The van der Waals surface area contributed by atoms with Gasteiger partial charge in [-0.3, -0.25) is 0 Å². The molecule has 0 fully saturated rings. The van der Waals surface area contributed by atoms with Crippen LogP contribution in [0, 0.1) is 13.8 Å². The minimum atomic E-state index is -0.847. The van der Waals surface area contributed by atoms with Crippen LogP contribution in [0.15, 0.2) is 12.1 Å². The first-order valence-electron chi connectivity index (χ1n) is 5.84. The molecule has 2 rings (SSSR count). The van der Waals surface area contributed by atoms with Gasteiger partial charge in [-0.05, 0) is 43.9 Å². The summed E-state index contributed by atoms with van der Waals surface area (Å²) in [6, 6.07) is 4.17. The summed E-state index contributed by atoms with van der Waals surface area (Å²) < 4.78 is 10.7. The van der Waals surface area contributed by atoms with E-state index in [2.05, 4.69) is 12.1 Å². The number of ether oxygens (including phenoxy) is 2. The van der Waals surface area contributed by atoms with Crippen molar-refractivity contribution in [2.24, 2.45) is 0 Å². The van der Waals surface area contributed by atoms with Crippen molar-refractivity contribution in [3.8, 4) is 5.75 Å². The molecule has 1 atom stereocenters. The van der Waals surface area contributed by atoms with E-state index < -0.39 is 5.60 Å². The maximum atomic E-state index is 11.7. The van der Waals surface area contributed by atoms with E-state index in [0.29, 0.717) is 6.42 Å². The van der Waals surface area contributed by atoms with Crippen LogP contribution in [0.4, 0.5) is 0 Å². The van der Waals surface area contributed by atoms with Crippen LogP contribution >= 0.6 is 0 Å². The normalized spacial score (nSPS) is 22.6. The SMILES string of the molecule is COC(=O)C1(C)CCc2ccc(C)c(C)c2O1. The lowest BCUT2D eigenvalue weighted by Crippen LogP contribution is -2.45. The van der Waals surface area contributed by atoms with Crippen molar-refractivity contribution in [1.82, 2.24) is 0 Å². The first-order valence-corrected chi connectivity index (χ1v) is 5.84. The van der Waals surface area contributed by atoms with Crippen molar-refractivity contribution in [1.29, 1.82) is 0 Å². The zero-order chi connectivity index (χ0) is 12.6. The fourth-order valence-electron chi connectivity index (χ4n) is 2.19. The van der Waals surface area contributed by atoms with E-state index in [9.17, 15) is 4.79 Å². The highest BCUT2D eigenvalue weighted by Gasteiger charge is 2.40. The molecule has 0 N–H and O–H groups in total. The topological polar surface area (TPSA) is 35.5 Å². The third-order valence-electron chi connectivity index (χ3n) is 3.57. The molecule has 1 unspecified atom stereocenters. The molecular formula is C14H18O3. The van der Waals surface area contributed by atoms with Crippen molar-refractivity contribution in [3.05, 3.63) is 28.8 Å². The Labute approximate surface area is 102 Å². The van der Waals surface area contributed by atoms with E-state index in [4.69, 9.17) is 9.47 Å². The zero-order valence-electron chi connectivity index (χ0n) is 10.8. The third kappa shape index (κ3) is 1.90. The number of esters is 1. The molecular weight excluding hydrogens is 216 g/mol. The molecule has 1 heterocycles. The Hall–Kier alpha value is -1.51. The predicted octanol–water partition coefficient (Wildman–Crippen LogP) is 2.56. The van der Waals surface area contributed by atoms with E-state index in [-0.39, 0.29) is 5.97 Å². The summed E-state index contributed by atoms with van der Waals surface area (Å²) in [5.74, 6) is 0.549. The Bertz CT molecular complexity index is 465. The lowest BCUT2D eigenvalue weighted by Gasteiger charge is -2.34. The second kappa shape index (κ2) is 4.06. The minimum Gasteiger partial charge on any atom is -0.475 e. The summed E-state index contributed by atoms with van der Waals surface area (Å²) in [5, 5.41) is 0. The summed E-state index contributed by atoms with van der Waals surface area (Å²) in [7, 11) is 1.40. The molecule has 0 spiro atoms. The number of carbonyl (C=O) groups excluding carboxylic acids is 1. The molecule has 92 valence electrons. The zero-order valence-corrected chi connectivity index (χ0v) is 10.8. The smallest absolute Gasteiger partial charge is 0.349 e. The fraction of sp³-hybridized carbons (Fsp3) is 0.500. The number of hydrogen-bond acceptors (Lipinski definition) is 3. The fourth-order valence-corrected chi connectivity index (χ4v) is 2.19. The van der Waals surface area contributed by atoms with Gasteiger partial charge in [-0.1, -0.05) is 12.1 Å². The largest absolute Gasteiger partial charge is 0.475 e. The highest BCUT2D eigenvalue weighted by molar-refractivity contribution is 5.80. The van der Waals surface area contributed by atoms with Crippen LogP contribution in [0.5, 0.6) is 5.75 Å². The van der Waals surface area contributed by atoms with Gasteiger partial charge in [0.05, 0.1) is 7.11 Å². The van der Waals surface area contributed by atoms with Crippen molar-refractivity contribution >= 4 is 5.97 Å². The standard InChI is InChI=1S/C14H18O3/c1-9-5-6-11-7-8-14(3,13(15)16-4)17-12(11)10(9)2/h5-6H,7-8H2,1-4H3. The molecule has 1 aromatic rings. The first kappa shape index (κ1) is 12.0. The van der Waals surface area contributed by atoms with Crippen molar-refractivity contribution in [2.45, 2.75) is 39.2 Å². The molecule has 1 aliphatic rings. The summed E-state index contributed by atoms with van der Waals surface area (Å²) in [4.78, 5) is 11.7. The lowest BCUT2D eigenvalue weighted by molar-refractivity contribution is -0.159. The molecule has 1 aliphatic heterocycles. The van der Waals surface area contributed by atoms with E-state index in [1.807, 2.05) is 13.8 Å². The number of fused-ring (bicyclic) bond motifs is 1. The molecule has 0 radical (unpaired) electrons. The second-order valence-electron chi connectivity index (χ2n) is 4.82. The van der Waals surface area contributed by atoms with Gasteiger partial charge in [0.25, 0.3) is 0 Å². The number of carbonyl (C=O) groups is 1. The summed E-state index contributed by atoms with van der Waals surface area (Å²) in [6.07, 6.45) is 1.51. The molecule has 17 heavy (non-hydrogen) atoms. The van der Waals surface area contributed by atoms with Gasteiger partial charge in [0.15, 0.2) is 0 Å². The van der Waals surface area contributed by atoms with Gasteiger partial charge in [-0.15, -0.1) is 0 Å². The molecule has 0 aromatic heterocycles. The molecule has 3 heteroatoms. The van der Waals surface area contributed by atoms with Gasteiger partial charge in [0.1, 0.15) is 5.75 Å². The van der Waals surface area contributed by atoms with E-state index >= 15 is 0 Å². The second-order valence-corrected chi connectivity index (χ2v) is 4.82. The van der Waals surface area contributed by atoms with Crippen LogP contribution in [-0.2, 0) is 16.0 Å². The number of benzene rings is 1. The average Bonchev–Trinajstić information content (AvgIpc) is 2.33. The molecule has 0 aliphatic carbocycles. The quantitative estimate of drug-likeness (QED) is 0.700. The lowest BCUT2D eigenvalue weighted by atomic mass is 9.90. The molecule has 3 nitrogen and oxygen atoms in total. The molecule has 0 saturated heterocycles. The summed E-state index contributed by atoms with van der Waals surface area (Å²) in [6.45, 7) is 5.86. The van der Waals surface area contributed by atoms with Crippen LogP contribution in [0.3, 0.4) is 0 Å². The van der Waals surface area contributed by atoms with Crippen molar-refractivity contribution < 1.29 is 14.3 Å². The Morgan fingerprint density at radius 1 is 1.41 bits per heavy atom. The number of hydrogen-bond donors (Lipinski definition) is 0. The molecule has 0 amide bonds. The number of aryl methyl sites for hydroxylation is 2. The third-order valence-corrected chi connectivity index (χ3v) is 3.57. The van der Waals surface area contributed by atoms with Gasteiger partial charge in [0.2, 0.25) is 5.60 Å². The Morgan fingerprint density at radius 3 is 2.76 bits per heavy atom. The predicted molar refractivity (Wildman–Crippen MR) is 65.3 cm³/mol. The summed E-state index contributed by atoms with van der Waals surface area (Å²) >= 11 is 0. The average molecular weight is 234 g/mol. The first-order chi connectivity index (χ1) is 7.98. The van der Waals surface area contributed by atoms with Gasteiger partial charge in [-0.25, -0.2) is 4.79 Å². The summed E-state index contributed by atoms with van der Waals surface area (Å²) in [5.41, 5.74) is 2.62. The molecule has 1 aromatic carbocycles. The number of rotatable bonds is 1. The van der Waals surface area contributed by atoms with Crippen molar-refractivity contribution in [2.75, 3.05) is 7.11 Å². The van der Waals surface area contributed by atoms with E-state index in [1.54, 1.807) is 6.92 Å². The highest BCUT2D eigenvalue weighted by atomic mass is 16.6. The highest BCUT2D eigenvalue weighted by Crippen LogP contribution is 2.37. The van der Waals surface area contributed by atoms with Crippen molar-refractivity contribution in [3.63, 3.8) is 0 Å². The van der Waals surface area contributed by atoms with Gasteiger partial charge in [0, 0.05) is 6.42 Å². The van der Waals surface area contributed by atoms with Gasteiger partial charge < -0.3 is 9.47 Å². The van der Waals surface area contributed by atoms with Crippen LogP contribution in [0.1, 0.15) is 30.0 Å². The van der Waals surface area contributed by atoms with Crippen LogP contribution in [0.25, 0.3) is 0 Å². The van der Waals surface area contributed by atoms with Gasteiger partial charge in [-0.2, -0.15) is 0 Å². The maximum Gasteiger partial charge on any atom is 0.349 e. The Kier molecular flexibility index (Phi) is 2.86. The van der Waals surface area contributed by atoms with E-state index in [1.165, 1.54) is 18.2 Å².